The minimum atomic E-state index is -0.159. The number of nitrogen functional groups attached to an aromatic ring is 1. The molecule has 1 aromatic rings. The number of nitrogens with one attached hydrogen (secondary N) is 2. The third kappa shape index (κ3) is 2.44. The summed E-state index contributed by atoms with van der Waals surface area (Å²) in [5, 5.41) is 8.94. The normalized spacial score (nSPS) is 19.6. The van der Waals surface area contributed by atoms with Crippen molar-refractivity contribution >= 4 is 17.6 Å². The molecule has 1 aromatic heterocycles. The fraction of sp³-hybridized carbons (Fsp3) is 0.545. The third-order valence-electron chi connectivity index (χ3n) is 3.15. The number of nitrogens with two attached hydrogens (primary N) is 1. The molecule has 1 aliphatic rings. The van der Waals surface area contributed by atoms with Crippen molar-refractivity contribution in [1.29, 1.82) is 0 Å². The Morgan fingerprint density at radius 1 is 1.61 bits per heavy atom. The maximum Gasteiger partial charge on any atom is 0.271 e. The molecule has 1 fully saturated rings. The summed E-state index contributed by atoms with van der Waals surface area (Å²) in [6.45, 7) is 1.10. The lowest BCUT2D eigenvalue weighted by Crippen LogP contribution is -2.44. The van der Waals surface area contributed by atoms with Crippen LogP contribution in [0.3, 0.4) is 0 Å². The van der Waals surface area contributed by atoms with E-state index in [0.717, 1.165) is 12.8 Å². The van der Waals surface area contributed by atoms with Gasteiger partial charge in [-0.2, -0.15) is 5.10 Å². The summed E-state index contributed by atoms with van der Waals surface area (Å²) in [4.78, 5) is 25.4. The molecule has 7 heteroatoms. The van der Waals surface area contributed by atoms with Crippen LogP contribution in [0.15, 0.2) is 6.07 Å². The standard InChI is InChI=1S/C11H17N5O2/c1-13-10(17)7-3-2-4-16(6-7)11(18)8-5-9(12)15-14-8/h5,7H,2-4,6H2,1H3,(H,13,17)(H3,12,14,15). The monoisotopic (exact) mass is 251 g/mol. The van der Waals surface area contributed by atoms with Crippen LogP contribution < -0.4 is 11.1 Å². The first kappa shape index (κ1) is 12.4. The number of aromatic nitrogens is 2. The number of nitrogens with zero attached hydrogens (tertiary/aromatic N) is 2. The predicted octanol–water partition coefficient (Wildman–Crippen LogP) is -0.410. The molecule has 1 atom stereocenters. The highest BCUT2D eigenvalue weighted by Gasteiger charge is 2.28. The average molecular weight is 251 g/mol. The van der Waals surface area contributed by atoms with Crippen LogP contribution in [0.5, 0.6) is 0 Å². The molecular weight excluding hydrogens is 234 g/mol. The number of H-pyrrole nitrogens is 1. The lowest BCUT2D eigenvalue weighted by Gasteiger charge is -2.31. The van der Waals surface area contributed by atoms with Gasteiger partial charge in [0.15, 0.2) is 0 Å². The summed E-state index contributed by atoms with van der Waals surface area (Å²) < 4.78 is 0. The SMILES string of the molecule is CNC(=O)C1CCCN(C(=O)c2cc(N)n[nH]2)C1. The molecule has 1 aliphatic heterocycles. The number of rotatable bonds is 2. The highest BCUT2D eigenvalue weighted by Crippen LogP contribution is 2.18. The zero-order valence-corrected chi connectivity index (χ0v) is 10.3. The number of hydrogen-bond donors (Lipinski definition) is 3. The molecule has 1 unspecified atom stereocenters. The minimum absolute atomic E-state index is 0.0170. The summed E-state index contributed by atoms with van der Waals surface area (Å²) in [5.74, 6) is -0.0180. The van der Waals surface area contributed by atoms with Gasteiger partial charge in [0.25, 0.3) is 5.91 Å². The van der Waals surface area contributed by atoms with Gasteiger partial charge < -0.3 is 16.0 Å². The van der Waals surface area contributed by atoms with Crippen molar-refractivity contribution in [3.05, 3.63) is 11.8 Å². The predicted molar refractivity (Wildman–Crippen MR) is 65.7 cm³/mol. The summed E-state index contributed by atoms with van der Waals surface area (Å²) in [7, 11) is 1.61. The number of anilines is 1. The molecule has 7 nitrogen and oxygen atoms in total. The Morgan fingerprint density at radius 3 is 3.00 bits per heavy atom. The number of piperidine rings is 1. The zero-order chi connectivity index (χ0) is 13.1. The molecule has 18 heavy (non-hydrogen) atoms. The van der Waals surface area contributed by atoms with E-state index in [2.05, 4.69) is 15.5 Å². The molecule has 0 bridgehead atoms. The Bertz CT molecular complexity index is 456. The van der Waals surface area contributed by atoms with Gasteiger partial charge in [-0.05, 0) is 12.8 Å². The van der Waals surface area contributed by atoms with Crippen molar-refractivity contribution in [1.82, 2.24) is 20.4 Å². The molecule has 2 rings (SSSR count). The number of carbonyl (C=O) groups excluding carboxylic acids is 2. The van der Waals surface area contributed by atoms with E-state index in [1.54, 1.807) is 11.9 Å². The summed E-state index contributed by atoms with van der Waals surface area (Å²) in [6.07, 6.45) is 1.64. The average Bonchev–Trinajstić information content (AvgIpc) is 2.83. The van der Waals surface area contributed by atoms with E-state index in [-0.39, 0.29) is 17.7 Å². The lowest BCUT2D eigenvalue weighted by atomic mass is 9.97. The second-order valence-electron chi connectivity index (χ2n) is 4.41. The van der Waals surface area contributed by atoms with Crippen molar-refractivity contribution in [2.24, 2.45) is 5.92 Å². The molecule has 1 saturated heterocycles. The second-order valence-corrected chi connectivity index (χ2v) is 4.41. The maximum atomic E-state index is 12.1. The van der Waals surface area contributed by atoms with Crippen LogP contribution in [0, 0.1) is 5.92 Å². The Morgan fingerprint density at radius 2 is 2.39 bits per heavy atom. The van der Waals surface area contributed by atoms with E-state index >= 15 is 0 Å². The Kier molecular flexibility index (Phi) is 3.50. The Hall–Kier alpha value is -2.05. The van der Waals surface area contributed by atoms with Crippen molar-refractivity contribution < 1.29 is 9.59 Å². The van der Waals surface area contributed by atoms with Crippen LogP contribution >= 0.6 is 0 Å². The quantitative estimate of drug-likeness (QED) is 0.664. The number of aromatic amines is 1. The smallest absolute Gasteiger partial charge is 0.271 e. The van der Waals surface area contributed by atoms with E-state index in [1.807, 2.05) is 0 Å². The van der Waals surface area contributed by atoms with Gasteiger partial charge in [-0.1, -0.05) is 0 Å². The molecule has 2 amide bonds. The van der Waals surface area contributed by atoms with Crippen molar-refractivity contribution in [2.45, 2.75) is 12.8 Å². The van der Waals surface area contributed by atoms with Gasteiger partial charge in [0, 0.05) is 26.2 Å². The summed E-state index contributed by atoms with van der Waals surface area (Å²) >= 11 is 0. The maximum absolute atomic E-state index is 12.1. The van der Waals surface area contributed by atoms with Crippen LogP contribution in [-0.4, -0.2) is 47.0 Å². The number of amides is 2. The zero-order valence-electron chi connectivity index (χ0n) is 10.3. The summed E-state index contributed by atoms with van der Waals surface area (Å²) in [5.41, 5.74) is 5.83. The van der Waals surface area contributed by atoms with Crippen molar-refractivity contribution in [3.63, 3.8) is 0 Å². The Labute approximate surface area is 105 Å². The first-order chi connectivity index (χ1) is 8.61. The van der Waals surface area contributed by atoms with Crippen LogP contribution in [0.2, 0.25) is 0 Å². The molecule has 98 valence electrons. The van der Waals surface area contributed by atoms with Gasteiger partial charge in [0.2, 0.25) is 5.91 Å². The first-order valence-corrected chi connectivity index (χ1v) is 5.93. The minimum Gasteiger partial charge on any atom is -0.382 e. The van der Waals surface area contributed by atoms with E-state index in [0.29, 0.717) is 24.6 Å². The van der Waals surface area contributed by atoms with Crippen molar-refractivity contribution in [3.8, 4) is 0 Å². The molecule has 2 heterocycles. The fourth-order valence-corrected chi connectivity index (χ4v) is 2.20. The van der Waals surface area contributed by atoms with Gasteiger partial charge in [-0.3, -0.25) is 14.7 Å². The highest BCUT2D eigenvalue weighted by molar-refractivity contribution is 5.93. The van der Waals surface area contributed by atoms with Crippen molar-refractivity contribution in [2.75, 3.05) is 25.9 Å². The lowest BCUT2D eigenvalue weighted by molar-refractivity contribution is -0.125. The molecule has 0 radical (unpaired) electrons. The summed E-state index contributed by atoms with van der Waals surface area (Å²) in [6, 6.07) is 1.51. The topological polar surface area (TPSA) is 104 Å². The molecule has 0 aliphatic carbocycles. The molecule has 0 spiro atoms. The van der Waals surface area contributed by atoms with Crippen LogP contribution in [0.25, 0.3) is 0 Å². The molecular formula is C11H17N5O2. The molecule has 0 aromatic carbocycles. The fourth-order valence-electron chi connectivity index (χ4n) is 2.20. The largest absolute Gasteiger partial charge is 0.382 e. The van der Waals surface area contributed by atoms with E-state index in [9.17, 15) is 9.59 Å². The van der Waals surface area contributed by atoms with Crippen LogP contribution in [0.4, 0.5) is 5.82 Å². The second kappa shape index (κ2) is 5.07. The van der Waals surface area contributed by atoms with E-state index < -0.39 is 0 Å². The van der Waals surface area contributed by atoms with E-state index in [1.165, 1.54) is 6.07 Å². The number of likely N-dealkylation sites (tertiary alicyclic amines) is 1. The van der Waals surface area contributed by atoms with Gasteiger partial charge in [0.05, 0.1) is 5.92 Å². The van der Waals surface area contributed by atoms with Gasteiger partial charge >= 0.3 is 0 Å². The number of carbonyl (C=O) groups is 2. The number of hydrogen-bond acceptors (Lipinski definition) is 4. The van der Waals surface area contributed by atoms with Gasteiger partial charge in [-0.25, -0.2) is 0 Å². The van der Waals surface area contributed by atoms with Gasteiger partial charge in [0.1, 0.15) is 11.5 Å². The van der Waals surface area contributed by atoms with Crippen LogP contribution in [-0.2, 0) is 4.79 Å². The van der Waals surface area contributed by atoms with Gasteiger partial charge in [-0.15, -0.1) is 0 Å². The third-order valence-corrected chi connectivity index (χ3v) is 3.15. The highest BCUT2D eigenvalue weighted by atomic mass is 16.2. The first-order valence-electron chi connectivity index (χ1n) is 5.93. The molecule has 4 N–H and O–H groups in total. The van der Waals surface area contributed by atoms with Crippen LogP contribution in [0.1, 0.15) is 23.3 Å². The van der Waals surface area contributed by atoms with E-state index in [4.69, 9.17) is 5.73 Å². The molecule has 0 saturated carbocycles. The Balaban J connectivity index is 2.05.